The predicted octanol–water partition coefficient (Wildman–Crippen LogP) is 2.83. The summed E-state index contributed by atoms with van der Waals surface area (Å²) in [6.07, 6.45) is 0.831. The molecule has 17 heavy (non-hydrogen) atoms. The molecule has 0 fully saturated rings. The molecule has 0 amide bonds. The molecule has 90 valence electrons. The maximum Gasteiger partial charge on any atom is 0.257 e. The smallest absolute Gasteiger partial charge is 0.257 e. The van der Waals surface area contributed by atoms with E-state index in [0.717, 1.165) is 29.1 Å². The average Bonchev–Trinajstić information content (AvgIpc) is 2.69. The largest absolute Gasteiger partial charge is 0.399 e. The Morgan fingerprint density at radius 2 is 2.12 bits per heavy atom. The Kier molecular flexibility index (Phi) is 3.13. The van der Waals surface area contributed by atoms with Gasteiger partial charge in [0.15, 0.2) is 5.82 Å². The number of rotatable bonds is 3. The van der Waals surface area contributed by atoms with E-state index in [2.05, 4.69) is 24.0 Å². The molecule has 1 aromatic heterocycles. The third-order valence-electron chi connectivity index (χ3n) is 2.58. The van der Waals surface area contributed by atoms with E-state index in [1.165, 1.54) is 0 Å². The average molecular weight is 231 g/mol. The SMILES string of the molecule is Cc1cc(-c2nc(CC(C)C)no2)ccc1N. The summed E-state index contributed by atoms with van der Waals surface area (Å²) in [5, 5.41) is 3.97. The third-order valence-corrected chi connectivity index (χ3v) is 2.58. The van der Waals surface area contributed by atoms with E-state index in [4.69, 9.17) is 10.3 Å². The monoisotopic (exact) mass is 231 g/mol. The van der Waals surface area contributed by atoms with E-state index in [1.54, 1.807) is 0 Å². The van der Waals surface area contributed by atoms with Gasteiger partial charge in [-0.25, -0.2) is 0 Å². The van der Waals surface area contributed by atoms with Crippen LogP contribution < -0.4 is 5.73 Å². The first-order valence-electron chi connectivity index (χ1n) is 5.75. The fourth-order valence-corrected chi connectivity index (χ4v) is 1.63. The van der Waals surface area contributed by atoms with Crippen LogP contribution in [-0.2, 0) is 6.42 Å². The standard InChI is InChI=1S/C13H17N3O/c1-8(2)6-12-15-13(17-16-12)10-4-5-11(14)9(3)7-10/h4-5,7-8H,6,14H2,1-3H3. The highest BCUT2D eigenvalue weighted by Crippen LogP contribution is 2.22. The van der Waals surface area contributed by atoms with Crippen molar-refractivity contribution in [3.05, 3.63) is 29.6 Å². The number of hydrogen-bond donors (Lipinski definition) is 1. The van der Waals surface area contributed by atoms with Gasteiger partial charge in [-0.1, -0.05) is 19.0 Å². The van der Waals surface area contributed by atoms with Crippen LogP contribution in [-0.4, -0.2) is 10.1 Å². The van der Waals surface area contributed by atoms with Gasteiger partial charge in [0, 0.05) is 17.7 Å². The van der Waals surface area contributed by atoms with Gasteiger partial charge in [-0.05, 0) is 36.6 Å². The number of aryl methyl sites for hydroxylation is 1. The van der Waals surface area contributed by atoms with Crippen molar-refractivity contribution in [3.8, 4) is 11.5 Å². The van der Waals surface area contributed by atoms with Crippen molar-refractivity contribution in [2.45, 2.75) is 27.2 Å². The lowest BCUT2D eigenvalue weighted by atomic mass is 10.1. The Morgan fingerprint density at radius 3 is 2.76 bits per heavy atom. The molecule has 1 heterocycles. The Balaban J connectivity index is 2.27. The Morgan fingerprint density at radius 1 is 1.35 bits per heavy atom. The Hall–Kier alpha value is -1.84. The lowest BCUT2D eigenvalue weighted by Crippen LogP contribution is -1.95. The number of anilines is 1. The molecule has 1 aromatic carbocycles. The van der Waals surface area contributed by atoms with E-state index in [-0.39, 0.29) is 0 Å². The van der Waals surface area contributed by atoms with Crippen molar-refractivity contribution in [3.63, 3.8) is 0 Å². The summed E-state index contributed by atoms with van der Waals surface area (Å²) in [6.45, 7) is 6.22. The summed E-state index contributed by atoms with van der Waals surface area (Å²) in [4.78, 5) is 4.37. The molecular weight excluding hydrogens is 214 g/mol. The Bertz CT molecular complexity index is 517. The lowest BCUT2D eigenvalue weighted by molar-refractivity contribution is 0.418. The van der Waals surface area contributed by atoms with Gasteiger partial charge in [-0.3, -0.25) is 0 Å². The zero-order chi connectivity index (χ0) is 12.4. The number of aromatic nitrogens is 2. The van der Waals surface area contributed by atoms with Gasteiger partial charge in [-0.15, -0.1) is 0 Å². The minimum Gasteiger partial charge on any atom is -0.399 e. The summed E-state index contributed by atoms with van der Waals surface area (Å²) in [5.74, 6) is 1.84. The van der Waals surface area contributed by atoms with Gasteiger partial charge in [0.2, 0.25) is 0 Å². The quantitative estimate of drug-likeness (QED) is 0.825. The molecule has 2 aromatic rings. The topological polar surface area (TPSA) is 64.9 Å². The van der Waals surface area contributed by atoms with Crippen molar-refractivity contribution in [1.29, 1.82) is 0 Å². The van der Waals surface area contributed by atoms with Crippen LogP contribution in [0.25, 0.3) is 11.5 Å². The number of nitrogens with zero attached hydrogens (tertiary/aromatic N) is 2. The molecule has 0 unspecified atom stereocenters. The van der Waals surface area contributed by atoms with Crippen molar-refractivity contribution in [2.75, 3.05) is 5.73 Å². The molecule has 0 spiro atoms. The van der Waals surface area contributed by atoms with Gasteiger partial charge in [0.1, 0.15) is 0 Å². The second-order valence-electron chi connectivity index (χ2n) is 4.69. The van der Waals surface area contributed by atoms with Crippen LogP contribution >= 0.6 is 0 Å². The van der Waals surface area contributed by atoms with Crippen LogP contribution in [0.2, 0.25) is 0 Å². The fourth-order valence-electron chi connectivity index (χ4n) is 1.63. The molecule has 0 aliphatic heterocycles. The highest BCUT2D eigenvalue weighted by molar-refractivity contribution is 5.60. The second kappa shape index (κ2) is 4.57. The minimum atomic E-state index is 0.522. The highest BCUT2D eigenvalue weighted by Gasteiger charge is 2.10. The summed E-state index contributed by atoms with van der Waals surface area (Å²) >= 11 is 0. The molecule has 0 aliphatic rings. The van der Waals surface area contributed by atoms with Crippen molar-refractivity contribution in [2.24, 2.45) is 5.92 Å². The van der Waals surface area contributed by atoms with Gasteiger partial charge in [0.05, 0.1) is 0 Å². The summed E-state index contributed by atoms with van der Waals surface area (Å²) < 4.78 is 5.24. The first kappa shape index (κ1) is 11.6. The van der Waals surface area contributed by atoms with Crippen LogP contribution in [0.1, 0.15) is 25.2 Å². The van der Waals surface area contributed by atoms with Crippen LogP contribution in [0, 0.1) is 12.8 Å². The number of nitrogen functional groups attached to an aromatic ring is 1. The maximum absolute atomic E-state index is 5.77. The number of nitrogens with two attached hydrogens (primary N) is 1. The van der Waals surface area contributed by atoms with Crippen molar-refractivity contribution in [1.82, 2.24) is 10.1 Å². The van der Waals surface area contributed by atoms with Gasteiger partial charge < -0.3 is 10.3 Å². The summed E-state index contributed by atoms with van der Waals surface area (Å²) in [6, 6.07) is 5.72. The molecule has 4 heteroatoms. The Labute approximate surface area is 101 Å². The van der Waals surface area contributed by atoms with E-state index in [9.17, 15) is 0 Å². The minimum absolute atomic E-state index is 0.522. The van der Waals surface area contributed by atoms with Crippen molar-refractivity contribution < 1.29 is 4.52 Å². The highest BCUT2D eigenvalue weighted by atomic mass is 16.5. The molecule has 2 N–H and O–H groups in total. The van der Waals surface area contributed by atoms with Crippen LogP contribution in [0.3, 0.4) is 0 Å². The van der Waals surface area contributed by atoms with Crippen LogP contribution in [0.15, 0.2) is 22.7 Å². The van der Waals surface area contributed by atoms with E-state index < -0.39 is 0 Å². The van der Waals surface area contributed by atoms with Gasteiger partial charge in [-0.2, -0.15) is 4.98 Å². The first-order valence-corrected chi connectivity index (χ1v) is 5.75. The van der Waals surface area contributed by atoms with Crippen molar-refractivity contribution >= 4 is 5.69 Å². The molecule has 0 atom stereocenters. The predicted molar refractivity (Wildman–Crippen MR) is 67.4 cm³/mol. The maximum atomic E-state index is 5.77. The number of hydrogen-bond acceptors (Lipinski definition) is 4. The molecule has 0 aliphatic carbocycles. The summed E-state index contributed by atoms with van der Waals surface area (Å²) in [7, 11) is 0. The fraction of sp³-hybridized carbons (Fsp3) is 0.385. The zero-order valence-electron chi connectivity index (χ0n) is 10.4. The van der Waals surface area contributed by atoms with Gasteiger partial charge in [0.25, 0.3) is 5.89 Å². The summed E-state index contributed by atoms with van der Waals surface area (Å²) in [5.41, 5.74) is 8.48. The normalized spacial score (nSPS) is 11.1. The number of benzene rings is 1. The first-order chi connectivity index (χ1) is 8.06. The lowest BCUT2D eigenvalue weighted by Gasteiger charge is -2.00. The molecule has 4 nitrogen and oxygen atoms in total. The molecule has 2 rings (SSSR count). The second-order valence-corrected chi connectivity index (χ2v) is 4.69. The third kappa shape index (κ3) is 2.64. The van der Waals surface area contributed by atoms with Crippen LogP contribution in [0.5, 0.6) is 0 Å². The zero-order valence-corrected chi connectivity index (χ0v) is 10.4. The molecular formula is C13H17N3O. The van der Waals surface area contributed by atoms with E-state index in [1.807, 2.05) is 25.1 Å². The molecule has 0 bridgehead atoms. The van der Waals surface area contributed by atoms with E-state index >= 15 is 0 Å². The molecule has 0 radical (unpaired) electrons. The van der Waals surface area contributed by atoms with Gasteiger partial charge >= 0.3 is 0 Å². The van der Waals surface area contributed by atoms with Crippen LogP contribution in [0.4, 0.5) is 5.69 Å². The molecule has 0 saturated carbocycles. The van der Waals surface area contributed by atoms with E-state index in [0.29, 0.717) is 11.8 Å². The molecule has 0 saturated heterocycles.